The van der Waals surface area contributed by atoms with E-state index >= 15 is 0 Å². The zero-order valence-electron chi connectivity index (χ0n) is 13.3. The zero-order valence-corrected chi connectivity index (χ0v) is 14.1. The van der Waals surface area contributed by atoms with Crippen LogP contribution in [-0.4, -0.2) is 23.2 Å². The van der Waals surface area contributed by atoms with Crippen LogP contribution in [0.3, 0.4) is 0 Å². The van der Waals surface area contributed by atoms with Gasteiger partial charge in [-0.25, -0.2) is 4.98 Å². The molecule has 1 saturated carbocycles. The highest BCUT2D eigenvalue weighted by molar-refractivity contribution is 8.02. The van der Waals surface area contributed by atoms with Gasteiger partial charge in [0, 0.05) is 18.2 Å². The summed E-state index contributed by atoms with van der Waals surface area (Å²) in [5, 5.41) is 4.79. The summed E-state index contributed by atoms with van der Waals surface area (Å²) in [4.78, 5) is 19.8. The van der Waals surface area contributed by atoms with Gasteiger partial charge in [-0.2, -0.15) is 13.2 Å². The lowest BCUT2D eigenvalue weighted by molar-refractivity contribution is -0.182. The van der Waals surface area contributed by atoms with E-state index in [0.29, 0.717) is 30.0 Å². The maximum absolute atomic E-state index is 12.9. The first-order valence-corrected chi connectivity index (χ1v) is 9.03. The van der Waals surface area contributed by atoms with E-state index in [4.69, 9.17) is 0 Å². The van der Waals surface area contributed by atoms with Crippen molar-refractivity contribution < 1.29 is 13.2 Å². The third kappa shape index (κ3) is 3.48. The molecule has 0 saturated heterocycles. The van der Waals surface area contributed by atoms with Crippen LogP contribution in [0.15, 0.2) is 16.3 Å². The number of H-pyrrole nitrogens is 1. The lowest BCUT2D eigenvalue weighted by Crippen LogP contribution is -2.29. The van der Waals surface area contributed by atoms with Crippen LogP contribution in [0.25, 0.3) is 0 Å². The minimum Gasteiger partial charge on any atom is -0.359 e. The van der Waals surface area contributed by atoms with Gasteiger partial charge in [-0.1, -0.05) is 6.08 Å². The van der Waals surface area contributed by atoms with E-state index in [2.05, 4.69) is 15.3 Å². The Morgan fingerprint density at radius 3 is 2.54 bits per heavy atom. The summed E-state index contributed by atoms with van der Waals surface area (Å²) in [5.41, 5.74) is 1.10. The molecular weight excluding hydrogens is 339 g/mol. The minimum atomic E-state index is -4.13. The fraction of sp³-hybridized carbons (Fsp3) is 0.625. The molecule has 1 aliphatic carbocycles. The van der Waals surface area contributed by atoms with Crippen LogP contribution in [-0.2, 0) is 0 Å². The van der Waals surface area contributed by atoms with Crippen molar-refractivity contribution in [3.8, 4) is 0 Å². The summed E-state index contributed by atoms with van der Waals surface area (Å²) < 4.78 is 38.7. The molecule has 2 heterocycles. The maximum Gasteiger partial charge on any atom is 0.391 e. The van der Waals surface area contributed by atoms with E-state index in [9.17, 15) is 18.0 Å². The van der Waals surface area contributed by atoms with Crippen molar-refractivity contribution in [2.24, 2.45) is 5.92 Å². The van der Waals surface area contributed by atoms with Gasteiger partial charge in [-0.15, -0.1) is 11.8 Å². The number of allylic oxidation sites excluding steroid dienone is 1. The van der Waals surface area contributed by atoms with E-state index in [1.165, 1.54) is 0 Å². The molecule has 0 bridgehead atoms. The number of nitrogens with one attached hydrogen (secondary N) is 2. The van der Waals surface area contributed by atoms with Gasteiger partial charge in [0.05, 0.1) is 17.2 Å². The summed E-state index contributed by atoms with van der Waals surface area (Å²) in [7, 11) is 1.66. The third-order valence-corrected chi connectivity index (χ3v) is 5.92. The molecule has 1 atom stereocenters. The van der Waals surface area contributed by atoms with E-state index in [-0.39, 0.29) is 29.6 Å². The minimum absolute atomic E-state index is 0.00231. The zero-order chi connectivity index (χ0) is 17.3. The van der Waals surface area contributed by atoms with Crippen LogP contribution in [0.4, 0.5) is 19.1 Å². The van der Waals surface area contributed by atoms with Gasteiger partial charge in [-0.3, -0.25) is 9.78 Å². The van der Waals surface area contributed by atoms with Crippen molar-refractivity contribution in [1.82, 2.24) is 9.97 Å². The summed E-state index contributed by atoms with van der Waals surface area (Å²) in [6.45, 7) is 0. The van der Waals surface area contributed by atoms with E-state index in [1.807, 2.05) is 11.5 Å². The lowest BCUT2D eigenvalue weighted by Gasteiger charge is -2.31. The highest BCUT2D eigenvalue weighted by Gasteiger charge is 2.42. The van der Waals surface area contributed by atoms with Crippen molar-refractivity contribution in [1.29, 1.82) is 0 Å². The predicted molar refractivity (Wildman–Crippen MR) is 89.2 cm³/mol. The third-order valence-electron chi connectivity index (χ3n) is 4.81. The van der Waals surface area contributed by atoms with Crippen molar-refractivity contribution >= 4 is 17.7 Å². The van der Waals surface area contributed by atoms with Crippen molar-refractivity contribution in [2.75, 3.05) is 12.4 Å². The molecule has 2 aliphatic rings. The number of alkyl halides is 3. The molecule has 8 heteroatoms. The molecule has 24 heavy (non-hydrogen) atoms. The number of hydrogen-bond acceptors (Lipinski definition) is 4. The van der Waals surface area contributed by atoms with Gasteiger partial charge in [-0.05, 0) is 37.5 Å². The molecule has 3 rings (SSSR count). The number of nitrogens with zero attached hydrogens (tertiary/aromatic N) is 1. The Morgan fingerprint density at radius 2 is 2.00 bits per heavy atom. The molecule has 0 aromatic carbocycles. The van der Waals surface area contributed by atoms with E-state index < -0.39 is 12.1 Å². The van der Waals surface area contributed by atoms with Crippen LogP contribution >= 0.6 is 11.8 Å². The first kappa shape index (κ1) is 17.4. The largest absolute Gasteiger partial charge is 0.391 e. The standard InChI is InChI=1S/C16H20F3N3OS/c1-20-15-21-13(9-4-6-10(7-5-9)16(17,18)19)12(14(23)22-15)11-3-2-8-24-11/h2,8-11H,3-7H2,1H3,(H2,20,21,22,23)/t9-,10+,11?. The van der Waals surface area contributed by atoms with Crippen molar-refractivity contribution in [2.45, 2.75) is 49.4 Å². The average molecular weight is 359 g/mol. The molecule has 1 fully saturated rings. The molecule has 1 aromatic rings. The summed E-state index contributed by atoms with van der Waals surface area (Å²) in [6, 6.07) is 0. The predicted octanol–water partition coefficient (Wildman–Crippen LogP) is 4.34. The van der Waals surface area contributed by atoms with Crippen LogP contribution < -0.4 is 10.9 Å². The first-order valence-electron chi connectivity index (χ1n) is 8.09. The van der Waals surface area contributed by atoms with Crippen LogP contribution in [0.1, 0.15) is 54.5 Å². The van der Waals surface area contributed by atoms with Gasteiger partial charge in [0.1, 0.15) is 0 Å². The molecule has 1 unspecified atom stereocenters. The molecule has 0 radical (unpaired) electrons. The van der Waals surface area contributed by atoms with Gasteiger partial charge in [0.2, 0.25) is 5.95 Å². The molecule has 0 spiro atoms. The second-order valence-corrected chi connectivity index (χ2v) is 7.40. The van der Waals surface area contributed by atoms with Crippen molar-refractivity contribution in [3.05, 3.63) is 33.1 Å². The van der Waals surface area contributed by atoms with Gasteiger partial charge >= 0.3 is 6.18 Å². The molecule has 0 amide bonds. The van der Waals surface area contributed by atoms with Crippen molar-refractivity contribution in [3.63, 3.8) is 0 Å². The van der Waals surface area contributed by atoms with Gasteiger partial charge in [0.25, 0.3) is 5.56 Å². The number of aromatic nitrogens is 2. The summed E-state index contributed by atoms with van der Waals surface area (Å²) >= 11 is 1.57. The number of hydrogen-bond donors (Lipinski definition) is 2. The number of anilines is 1. The second kappa shape index (κ2) is 6.82. The van der Waals surface area contributed by atoms with E-state index in [0.717, 1.165) is 6.42 Å². The molecule has 4 nitrogen and oxygen atoms in total. The lowest BCUT2D eigenvalue weighted by atomic mass is 9.79. The van der Waals surface area contributed by atoms with E-state index in [1.54, 1.807) is 18.8 Å². The SMILES string of the molecule is CNc1nc([C@H]2CC[C@@H](C(F)(F)F)CC2)c(C2CC=CS2)c(=O)[nH]1. The van der Waals surface area contributed by atoms with Crippen LogP contribution in [0.2, 0.25) is 0 Å². The van der Waals surface area contributed by atoms with Gasteiger partial charge < -0.3 is 5.32 Å². The molecule has 2 N–H and O–H groups in total. The smallest absolute Gasteiger partial charge is 0.359 e. The fourth-order valence-electron chi connectivity index (χ4n) is 3.51. The highest BCUT2D eigenvalue weighted by atomic mass is 32.2. The number of thioether (sulfide) groups is 1. The maximum atomic E-state index is 12.9. The first-order chi connectivity index (χ1) is 11.4. The highest BCUT2D eigenvalue weighted by Crippen LogP contribution is 2.45. The molecule has 1 aromatic heterocycles. The number of rotatable bonds is 3. The quantitative estimate of drug-likeness (QED) is 0.843. The molecular formula is C16H20F3N3OS. The van der Waals surface area contributed by atoms with Crippen LogP contribution in [0.5, 0.6) is 0 Å². The van der Waals surface area contributed by atoms with Gasteiger partial charge in [0.15, 0.2) is 0 Å². The molecule has 1 aliphatic heterocycles. The Balaban J connectivity index is 1.89. The number of aromatic amines is 1. The topological polar surface area (TPSA) is 57.8 Å². The average Bonchev–Trinajstić information content (AvgIpc) is 3.07. The Morgan fingerprint density at radius 1 is 1.29 bits per heavy atom. The summed E-state index contributed by atoms with van der Waals surface area (Å²) in [6.07, 6.45) is -0.329. The molecule has 132 valence electrons. The second-order valence-electron chi connectivity index (χ2n) is 6.29. The van der Waals surface area contributed by atoms with Crippen LogP contribution in [0, 0.1) is 5.92 Å². The Labute approximate surface area is 142 Å². The Kier molecular flexibility index (Phi) is 4.94. The monoisotopic (exact) mass is 359 g/mol. The number of halogens is 3. The Bertz CT molecular complexity index is 670. The summed E-state index contributed by atoms with van der Waals surface area (Å²) in [5.74, 6) is -0.952. The Hall–Kier alpha value is -1.44. The normalized spacial score (nSPS) is 27.4. The fourth-order valence-corrected chi connectivity index (χ4v) is 4.50.